The molecule has 35 heavy (non-hydrogen) atoms. The molecule has 5 rings (SSSR count). The third-order valence-corrected chi connectivity index (χ3v) is 6.80. The lowest BCUT2D eigenvalue weighted by molar-refractivity contribution is 0.175. The number of amides is 2. The molecule has 180 valence electrons. The Morgan fingerprint density at radius 3 is 2.77 bits per heavy atom. The van der Waals surface area contributed by atoms with Crippen LogP contribution >= 0.6 is 0 Å². The van der Waals surface area contributed by atoms with Crippen molar-refractivity contribution in [2.75, 3.05) is 42.6 Å². The van der Waals surface area contributed by atoms with Crippen LogP contribution in [0.15, 0.2) is 42.5 Å². The average molecular weight is 472 g/mol. The predicted molar refractivity (Wildman–Crippen MR) is 134 cm³/mol. The van der Waals surface area contributed by atoms with Gasteiger partial charge in [0.1, 0.15) is 5.82 Å². The molecule has 1 saturated heterocycles. The van der Waals surface area contributed by atoms with Gasteiger partial charge in [-0.3, -0.25) is 0 Å². The SMILES string of the molecule is CCOc1nc2c(c(N3CCN(C(N)=O)[C@@H](CC#N)C3)n1)CCN(c1cccc3ccccc13)C2. The van der Waals surface area contributed by atoms with Gasteiger partial charge in [0.15, 0.2) is 0 Å². The number of piperazine rings is 1. The van der Waals surface area contributed by atoms with Crippen molar-refractivity contribution in [3.63, 3.8) is 0 Å². The van der Waals surface area contributed by atoms with Crippen LogP contribution in [-0.4, -0.2) is 59.7 Å². The molecule has 3 aromatic rings. The monoisotopic (exact) mass is 471 g/mol. The Kier molecular flexibility index (Phi) is 6.27. The van der Waals surface area contributed by atoms with Crippen molar-refractivity contribution in [1.29, 1.82) is 5.26 Å². The summed E-state index contributed by atoms with van der Waals surface area (Å²) in [4.78, 5) is 27.5. The quantitative estimate of drug-likeness (QED) is 0.609. The second-order valence-corrected chi connectivity index (χ2v) is 8.85. The highest BCUT2D eigenvalue weighted by Gasteiger charge is 2.33. The number of benzene rings is 2. The molecule has 9 heteroatoms. The molecule has 0 radical (unpaired) electrons. The van der Waals surface area contributed by atoms with E-state index in [9.17, 15) is 10.1 Å². The van der Waals surface area contributed by atoms with Crippen LogP contribution in [-0.2, 0) is 13.0 Å². The van der Waals surface area contributed by atoms with E-state index in [4.69, 9.17) is 20.4 Å². The first-order valence-electron chi connectivity index (χ1n) is 12.0. The number of nitriles is 1. The number of carbonyl (C=O) groups is 1. The van der Waals surface area contributed by atoms with Gasteiger partial charge in [-0.1, -0.05) is 36.4 Å². The fraction of sp³-hybridized carbons (Fsp3) is 0.385. The summed E-state index contributed by atoms with van der Waals surface area (Å²) in [6, 6.07) is 16.6. The Hall–Kier alpha value is -4.06. The molecule has 0 spiro atoms. The Labute approximate surface area is 204 Å². The second kappa shape index (κ2) is 9.66. The van der Waals surface area contributed by atoms with E-state index < -0.39 is 6.03 Å². The zero-order valence-electron chi connectivity index (χ0n) is 19.9. The number of rotatable bonds is 5. The van der Waals surface area contributed by atoms with Gasteiger partial charge in [-0.25, -0.2) is 4.79 Å². The van der Waals surface area contributed by atoms with Gasteiger partial charge in [0.2, 0.25) is 0 Å². The van der Waals surface area contributed by atoms with Crippen molar-refractivity contribution >= 4 is 28.3 Å². The summed E-state index contributed by atoms with van der Waals surface area (Å²) in [7, 11) is 0. The predicted octanol–water partition coefficient (Wildman–Crippen LogP) is 3.07. The van der Waals surface area contributed by atoms with E-state index in [2.05, 4.69) is 58.3 Å². The van der Waals surface area contributed by atoms with E-state index in [1.165, 1.54) is 16.5 Å². The normalized spacial score (nSPS) is 17.7. The van der Waals surface area contributed by atoms with Gasteiger partial charge in [-0.2, -0.15) is 15.2 Å². The highest BCUT2D eigenvalue weighted by atomic mass is 16.5. The second-order valence-electron chi connectivity index (χ2n) is 8.85. The van der Waals surface area contributed by atoms with Gasteiger partial charge in [0.05, 0.1) is 37.4 Å². The van der Waals surface area contributed by atoms with Crippen molar-refractivity contribution in [1.82, 2.24) is 14.9 Å². The van der Waals surface area contributed by atoms with Crippen molar-refractivity contribution in [2.45, 2.75) is 32.4 Å². The van der Waals surface area contributed by atoms with Crippen LogP contribution in [0, 0.1) is 11.3 Å². The molecule has 1 fully saturated rings. The number of primary amides is 1. The number of hydrogen-bond donors (Lipinski definition) is 1. The zero-order chi connectivity index (χ0) is 24.4. The third-order valence-electron chi connectivity index (χ3n) is 6.80. The summed E-state index contributed by atoms with van der Waals surface area (Å²) in [5, 5.41) is 11.7. The summed E-state index contributed by atoms with van der Waals surface area (Å²) in [5.74, 6) is 0.836. The number of ether oxygens (including phenoxy) is 1. The van der Waals surface area contributed by atoms with E-state index in [0.717, 1.165) is 30.0 Å². The molecule has 3 heterocycles. The Bertz CT molecular complexity index is 1280. The Balaban J connectivity index is 1.49. The molecule has 0 aliphatic carbocycles. The average Bonchev–Trinajstić information content (AvgIpc) is 2.88. The lowest BCUT2D eigenvalue weighted by Gasteiger charge is -2.41. The molecular weight excluding hydrogens is 442 g/mol. The van der Waals surface area contributed by atoms with Gasteiger partial charge < -0.3 is 25.2 Å². The molecule has 0 saturated carbocycles. The van der Waals surface area contributed by atoms with Crippen molar-refractivity contribution in [3.05, 3.63) is 53.7 Å². The van der Waals surface area contributed by atoms with Crippen LogP contribution in [0.3, 0.4) is 0 Å². The molecule has 0 bridgehead atoms. The molecule has 2 N–H and O–H groups in total. The Morgan fingerprint density at radius 1 is 1.14 bits per heavy atom. The van der Waals surface area contributed by atoms with E-state index in [1.54, 1.807) is 4.90 Å². The maximum absolute atomic E-state index is 11.9. The molecule has 2 amide bonds. The lowest BCUT2D eigenvalue weighted by atomic mass is 10.0. The third kappa shape index (κ3) is 4.39. The summed E-state index contributed by atoms with van der Waals surface area (Å²) in [6.45, 7) is 5.42. The number of nitrogens with two attached hydrogens (primary N) is 1. The first-order valence-corrected chi connectivity index (χ1v) is 12.0. The van der Waals surface area contributed by atoms with E-state index in [1.807, 2.05) is 6.92 Å². The molecule has 2 aliphatic heterocycles. The smallest absolute Gasteiger partial charge is 0.318 e. The van der Waals surface area contributed by atoms with Crippen LogP contribution in [0.25, 0.3) is 10.8 Å². The van der Waals surface area contributed by atoms with Gasteiger partial charge >= 0.3 is 12.0 Å². The van der Waals surface area contributed by atoms with E-state index in [0.29, 0.717) is 38.8 Å². The number of hydrogen-bond acceptors (Lipinski definition) is 7. The molecular formula is C26H29N7O2. The first kappa shape index (κ1) is 22.7. The minimum Gasteiger partial charge on any atom is -0.464 e. The van der Waals surface area contributed by atoms with Crippen LogP contribution in [0.5, 0.6) is 6.01 Å². The van der Waals surface area contributed by atoms with Crippen molar-refractivity contribution in [2.24, 2.45) is 5.73 Å². The minimum absolute atomic E-state index is 0.222. The molecule has 1 atom stereocenters. The molecule has 0 unspecified atom stereocenters. The van der Waals surface area contributed by atoms with Crippen LogP contribution in [0.1, 0.15) is 24.6 Å². The number of carbonyl (C=O) groups excluding carboxylic acids is 1. The van der Waals surface area contributed by atoms with Crippen LogP contribution < -0.4 is 20.3 Å². The molecule has 2 aromatic carbocycles. The standard InChI is InChI=1S/C26H29N7O2/c1-2-35-26-29-22-17-31(23-9-5-7-18-6-3-4-8-20(18)23)13-11-21(22)24(30-26)32-14-15-33(25(28)34)19(16-32)10-12-27/h3-9,19H,2,10-11,13-17H2,1H3,(H2,28,34)/t19-/m0/s1. The first-order chi connectivity index (χ1) is 17.1. The van der Waals surface area contributed by atoms with Gasteiger partial charge in [0, 0.05) is 42.8 Å². The number of fused-ring (bicyclic) bond motifs is 2. The fourth-order valence-electron chi connectivity index (χ4n) is 5.15. The largest absolute Gasteiger partial charge is 0.464 e. The van der Waals surface area contributed by atoms with Gasteiger partial charge in [0.25, 0.3) is 0 Å². The summed E-state index contributed by atoms with van der Waals surface area (Å²) in [6.07, 6.45) is 1.01. The molecule has 1 aromatic heterocycles. The highest BCUT2D eigenvalue weighted by molar-refractivity contribution is 5.94. The number of nitrogens with zero attached hydrogens (tertiary/aromatic N) is 6. The van der Waals surface area contributed by atoms with E-state index in [-0.39, 0.29) is 12.5 Å². The van der Waals surface area contributed by atoms with Crippen LogP contribution in [0.2, 0.25) is 0 Å². The van der Waals surface area contributed by atoms with Crippen LogP contribution in [0.4, 0.5) is 16.3 Å². The fourth-order valence-corrected chi connectivity index (χ4v) is 5.15. The van der Waals surface area contributed by atoms with Crippen molar-refractivity contribution in [3.8, 4) is 12.1 Å². The lowest BCUT2D eigenvalue weighted by Crippen LogP contribution is -2.57. The molecule has 9 nitrogen and oxygen atoms in total. The van der Waals surface area contributed by atoms with E-state index >= 15 is 0 Å². The summed E-state index contributed by atoms with van der Waals surface area (Å²) >= 11 is 0. The van der Waals surface area contributed by atoms with Crippen molar-refractivity contribution < 1.29 is 9.53 Å². The van der Waals surface area contributed by atoms with Gasteiger partial charge in [-0.05, 0) is 24.8 Å². The maximum atomic E-state index is 11.9. The number of urea groups is 1. The van der Waals surface area contributed by atoms with Gasteiger partial charge in [-0.15, -0.1) is 0 Å². The minimum atomic E-state index is -0.490. The molecule has 2 aliphatic rings. The number of anilines is 2. The summed E-state index contributed by atoms with van der Waals surface area (Å²) in [5.41, 5.74) is 8.81. The highest BCUT2D eigenvalue weighted by Crippen LogP contribution is 2.34. The maximum Gasteiger partial charge on any atom is 0.318 e. The topological polar surface area (TPSA) is 112 Å². The Morgan fingerprint density at radius 2 is 1.97 bits per heavy atom. The zero-order valence-corrected chi connectivity index (χ0v) is 19.9. The summed E-state index contributed by atoms with van der Waals surface area (Å²) < 4.78 is 5.74. The number of aromatic nitrogens is 2.